The van der Waals surface area contributed by atoms with Crippen molar-refractivity contribution in [3.05, 3.63) is 271 Å². The van der Waals surface area contributed by atoms with Gasteiger partial charge in [-0.1, -0.05) is 162 Å². The van der Waals surface area contributed by atoms with Crippen molar-refractivity contribution in [1.82, 2.24) is 39.7 Å². The number of hydrogen-bond donors (Lipinski definition) is 3. The second-order valence-corrected chi connectivity index (χ2v) is 25.5. The number of fused-ring (bicyclic) bond motifs is 7. The lowest BCUT2D eigenvalue weighted by Gasteiger charge is -2.25. The first-order chi connectivity index (χ1) is 48.8. The molecule has 13 rings (SSSR count). The molecule has 0 unspecified atom stereocenters. The summed E-state index contributed by atoms with van der Waals surface area (Å²) in [4.78, 5) is 78.8. The van der Waals surface area contributed by atoms with Crippen LogP contribution in [0.1, 0.15) is 94.1 Å². The molecule has 10 aromatic rings. The van der Waals surface area contributed by atoms with E-state index < -0.39 is 18.0 Å². The van der Waals surface area contributed by atoms with Crippen molar-refractivity contribution < 1.29 is 28.7 Å². The molecule has 8 aromatic carbocycles. The minimum Gasteiger partial charge on any atom is -0.449 e. The van der Waals surface area contributed by atoms with Crippen LogP contribution >= 0.6 is 46.4 Å². The van der Waals surface area contributed by atoms with Gasteiger partial charge in [-0.05, 0) is 132 Å². The Morgan fingerprint density at radius 1 is 0.614 bits per heavy atom. The zero-order chi connectivity index (χ0) is 71.7. The van der Waals surface area contributed by atoms with Crippen molar-refractivity contribution in [1.29, 1.82) is 0 Å². The first-order valence-electron chi connectivity index (χ1n) is 32.6. The third-order valence-corrected chi connectivity index (χ3v) is 17.3. The molecule has 5 N–H and O–H groups in total. The van der Waals surface area contributed by atoms with Gasteiger partial charge in [-0.2, -0.15) is 0 Å². The number of rotatable bonds is 16. The number of hydrogen-bond acceptors (Lipinski definition) is 15. The lowest BCUT2D eigenvalue weighted by atomic mass is 10.0. The van der Waals surface area contributed by atoms with E-state index in [2.05, 4.69) is 59.4 Å². The number of halogens is 4. The molecule has 0 saturated carbocycles. The molecule has 25 heteroatoms. The number of carbonyl (C=O) groups excluding carboxylic acids is 5. The van der Waals surface area contributed by atoms with Gasteiger partial charge in [0.05, 0.1) is 65.6 Å². The summed E-state index contributed by atoms with van der Waals surface area (Å²) in [6.45, 7) is 6.22. The maximum atomic E-state index is 12.9. The summed E-state index contributed by atoms with van der Waals surface area (Å²) in [7, 11) is 5.58. The number of nitrogens with zero attached hydrogens (tertiary/aromatic N) is 12. The number of nitrogens with one attached hydrogen (secondary N) is 1. The third kappa shape index (κ3) is 18.0. The molecule has 0 bridgehead atoms. The second-order valence-electron chi connectivity index (χ2n) is 23.7. The lowest BCUT2D eigenvalue weighted by Crippen LogP contribution is -2.45. The third-order valence-electron chi connectivity index (χ3n) is 16.4. The summed E-state index contributed by atoms with van der Waals surface area (Å²) in [5.74, 6) is 2.29. The van der Waals surface area contributed by atoms with E-state index in [4.69, 9.17) is 72.6 Å². The number of aromatic nitrogens is 6. The van der Waals surface area contributed by atoms with Gasteiger partial charge < -0.3 is 31.3 Å². The van der Waals surface area contributed by atoms with Crippen LogP contribution in [0.15, 0.2) is 204 Å². The van der Waals surface area contributed by atoms with Gasteiger partial charge >= 0.3 is 6.09 Å². The van der Waals surface area contributed by atoms with Crippen LogP contribution < -0.4 is 31.5 Å². The molecule has 1 atom stereocenters. The molecule has 5 heterocycles. The Bertz CT molecular complexity index is 4650. The van der Waals surface area contributed by atoms with E-state index in [-0.39, 0.29) is 43.7 Å². The molecule has 0 saturated heterocycles. The predicted octanol–water partition coefficient (Wildman–Crippen LogP) is 13.4. The molecular weight excluding hydrogens is 1360 g/mol. The molecule has 0 radical (unpaired) electrons. The molecule has 101 heavy (non-hydrogen) atoms. The highest BCUT2D eigenvalue weighted by Crippen LogP contribution is 2.40. The van der Waals surface area contributed by atoms with E-state index in [1.807, 2.05) is 135 Å². The molecule has 0 fully saturated rings. The summed E-state index contributed by atoms with van der Waals surface area (Å²) in [5.41, 5.74) is 22.4. The van der Waals surface area contributed by atoms with E-state index in [0.717, 1.165) is 86.9 Å². The van der Waals surface area contributed by atoms with Gasteiger partial charge in [-0.15, -0.1) is 20.4 Å². The maximum Gasteiger partial charge on any atom is 0.414 e. The Kier molecular flexibility index (Phi) is 25.3. The number of ether oxygens (including phenoxy) is 1. The van der Waals surface area contributed by atoms with Crippen LogP contribution in [0.5, 0.6) is 0 Å². The molecule has 3 aliphatic heterocycles. The molecule has 2 aromatic heterocycles. The number of carbonyl (C=O) groups is 5. The number of amides is 4. The SMILES string of the molecule is CCOC(=O)N1CCC(=O)N(c2ccccc2)c2cc(Cl)ccc21.CN(C(=O)CNC(=O)[C@@H](N)CCCCN)c1ccc(Cl)cc1C(=O)c1ccccc1.CN(C)Cc1nnc2n1-c1ccc(Cl)cc1C(c1ccccc1)=NC2.Cc1nnc2n1-c1ccc(Cl)cc1C(c1ccccc1)=NC2. The van der Waals surface area contributed by atoms with Crippen LogP contribution in [0.2, 0.25) is 20.1 Å². The fourth-order valence-electron chi connectivity index (χ4n) is 11.5. The number of nitrogens with two attached hydrogens (primary N) is 2. The van der Waals surface area contributed by atoms with Crippen molar-refractivity contribution >= 4 is 110 Å². The van der Waals surface area contributed by atoms with E-state index in [1.54, 1.807) is 73.5 Å². The van der Waals surface area contributed by atoms with Crippen LogP contribution in [-0.4, -0.2) is 129 Å². The number of benzene rings is 8. The van der Waals surface area contributed by atoms with Crippen LogP contribution in [-0.2, 0) is 38.8 Å². The minimum atomic E-state index is -0.694. The van der Waals surface area contributed by atoms with E-state index >= 15 is 0 Å². The second kappa shape index (κ2) is 34.7. The molecule has 21 nitrogen and oxygen atoms in total. The number of ketones is 1. The Hall–Kier alpha value is -10.2. The van der Waals surface area contributed by atoms with Gasteiger partial charge in [0.25, 0.3) is 0 Å². The van der Waals surface area contributed by atoms with Gasteiger partial charge in [-0.25, -0.2) is 4.79 Å². The van der Waals surface area contributed by atoms with Crippen molar-refractivity contribution in [2.24, 2.45) is 21.5 Å². The molecule has 4 amide bonds. The van der Waals surface area contributed by atoms with Gasteiger partial charge in [0.1, 0.15) is 18.9 Å². The Morgan fingerprint density at radius 3 is 1.72 bits per heavy atom. The lowest BCUT2D eigenvalue weighted by molar-refractivity contribution is -0.125. The van der Waals surface area contributed by atoms with Crippen LogP contribution in [0.4, 0.5) is 27.5 Å². The fraction of sp³-hybridized carbons (Fsp3) is 0.224. The Labute approximate surface area is 606 Å². The van der Waals surface area contributed by atoms with Gasteiger partial charge in [-0.3, -0.25) is 48.1 Å². The zero-order valence-electron chi connectivity index (χ0n) is 56.3. The standard InChI is InChI=1S/C22H27ClN4O3.C19H18ClN5.C18H17ClN2O3.C17H13ClN4/c1-27(20(28)14-26-22(30)18(25)9-5-6-12-24)19-11-10-16(23)13-17(19)21(29)15-7-3-2-4-8-15;1-24(2)12-18-23-22-17-11-21-19(13-6-4-3-5-7-13)15-10-14(20)8-9-16(15)25(17)18;1-2-24-18(23)20-11-10-17(22)21(14-6-4-3-5-7-14)16-12-13(19)8-9-15(16)20;1-11-20-21-16-10-19-17(12-5-3-2-4-6-12)14-9-13(18)7-8-15(14)22(11)16/h2-4,7-8,10-11,13,18H,5-6,9,12,14,24-25H2,1H3,(H,26,30);3-10H,11-12H2,1-2H3;3-9,12H,2,10-11H2,1H3;2-9H,10H2,1H3/t18-;;;/m0.../s1. The molecule has 518 valence electrons. The van der Waals surface area contributed by atoms with Gasteiger partial charge in [0.15, 0.2) is 23.3 Å². The molecule has 0 aliphatic carbocycles. The van der Waals surface area contributed by atoms with Crippen molar-refractivity contribution in [3.63, 3.8) is 0 Å². The first-order valence-corrected chi connectivity index (χ1v) is 34.1. The highest BCUT2D eigenvalue weighted by atomic mass is 35.5. The maximum absolute atomic E-state index is 12.9. The topological polar surface area (TPSA) is 258 Å². The minimum absolute atomic E-state index is 0.100. The van der Waals surface area contributed by atoms with Crippen molar-refractivity contribution in [2.75, 3.05) is 62.1 Å². The fourth-order valence-corrected chi connectivity index (χ4v) is 12.2. The number of para-hydroxylation sites is 1. The zero-order valence-corrected chi connectivity index (χ0v) is 59.3. The summed E-state index contributed by atoms with van der Waals surface area (Å²) >= 11 is 24.8. The van der Waals surface area contributed by atoms with E-state index in [1.165, 1.54) is 15.9 Å². The number of aliphatic imine (C=N–C) groups is 2. The van der Waals surface area contributed by atoms with E-state index in [9.17, 15) is 24.0 Å². The number of unbranched alkanes of at least 4 members (excludes halogenated alkanes) is 1. The molecule has 0 spiro atoms. The quantitative estimate of drug-likeness (QED) is 0.0601. The Balaban J connectivity index is 0.000000146. The smallest absolute Gasteiger partial charge is 0.414 e. The van der Waals surface area contributed by atoms with Crippen LogP contribution in [0.25, 0.3) is 11.4 Å². The van der Waals surface area contributed by atoms with Gasteiger partial charge in [0, 0.05) is 79.2 Å². The first kappa shape index (κ1) is 73.5. The van der Waals surface area contributed by atoms with Crippen molar-refractivity contribution in [2.45, 2.75) is 65.2 Å². The number of aryl methyl sites for hydroxylation is 1. The van der Waals surface area contributed by atoms with Crippen molar-refractivity contribution in [3.8, 4) is 11.4 Å². The number of likely N-dealkylation sites (N-methyl/N-ethyl adjacent to an activating group) is 1. The van der Waals surface area contributed by atoms with Gasteiger partial charge in [0.2, 0.25) is 17.7 Å². The monoisotopic (exact) mass is 1430 g/mol. The highest BCUT2D eigenvalue weighted by Gasteiger charge is 2.32. The molecular formula is C76H75Cl4N15O6. The summed E-state index contributed by atoms with van der Waals surface area (Å²) in [5, 5.41) is 22.0. The Morgan fingerprint density at radius 2 is 1.14 bits per heavy atom. The average Bonchev–Trinajstić information content (AvgIpc) is 1.73. The molecule has 3 aliphatic rings. The highest BCUT2D eigenvalue weighted by molar-refractivity contribution is 6.33. The summed E-state index contributed by atoms with van der Waals surface area (Å²) in [6, 6.07) is 59.3. The van der Waals surface area contributed by atoms with Crippen LogP contribution in [0.3, 0.4) is 0 Å². The summed E-state index contributed by atoms with van der Waals surface area (Å²) < 4.78 is 9.27. The largest absolute Gasteiger partial charge is 0.449 e. The number of anilines is 4. The normalized spacial score (nSPS) is 12.9. The van der Waals surface area contributed by atoms with E-state index in [0.29, 0.717) is 80.9 Å². The average molecular weight is 1440 g/mol. The van der Waals surface area contributed by atoms with Crippen LogP contribution in [0, 0.1) is 6.92 Å². The predicted molar refractivity (Wildman–Crippen MR) is 399 cm³/mol. The summed E-state index contributed by atoms with van der Waals surface area (Å²) in [6.07, 6.45) is 1.76.